The van der Waals surface area contributed by atoms with E-state index < -0.39 is 0 Å². The lowest BCUT2D eigenvalue weighted by atomic mass is 9.81. The van der Waals surface area contributed by atoms with Gasteiger partial charge in [0, 0.05) is 22.3 Å². The van der Waals surface area contributed by atoms with Gasteiger partial charge in [-0.15, -0.1) is 0 Å². The highest BCUT2D eigenvalue weighted by Crippen LogP contribution is 2.50. The number of para-hydroxylation sites is 1. The third kappa shape index (κ3) is 3.55. The Morgan fingerprint density at radius 2 is 1.32 bits per heavy atom. The molecular weight excluding hydrogens is 410 g/mol. The molecule has 1 nitrogen and oxygen atoms in total. The molecule has 0 saturated heterocycles. The lowest BCUT2D eigenvalue weighted by molar-refractivity contribution is 0.559. The number of hydrogen-bond donors (Lipinski definition) is 0. The molecule has 0 radical (unpaired) electrons. The van der Waals surface area contributed by atoms with Crippen molar-refractivity contribution < 1.29 is 0 Å². The van der Waals surface area contributed by atoms with Gasteiger partial charge < -0.3 is 4.90 Å². The summed E-state index contributed by atoms with van der Waals surface area (Å²) >= 11 is 0. The summed E-state index contributed by atoms with van der Waals surface area (Å²) in [4.78, 5) is 2.47. The second-order valence-corrected chi connectivity index (χ2v) is 11.2. The normalized spacial score (nSPS) is 14.0. The number of benzene rings is 4. The van der Waals surface area contributed by atoms with Crippen LogP contribution in [0.1, 0.15) is 56.9 Å². The molecule has 0 atom stereocenters. The van der Waals surface area contributed by atoms with E-state index in [1.807, 2.05) is 0 Å². The Balaban J connectivity index is 1.65. The van der Waals surface area contributed by atoms with Gasteiger partial charge in [-0.25, -0.2) is 0 Å². The van der Waals surface area contributed by atoms with E-state index in [0.717, 1.165) is 0 Å². The maximum atomic E-state index is 2.47. The number of nitrogens with zero attached hydrogens (tertiary/aromatic N) is 1. The smallest absolute Gasteiger partial charge is 0.0445 e. The Bertz CT molecular complexity index is 1380. The van der Waals surface area contributed by atoms with Gasteiger partial charge in [0.2, 0.25) is 0 Å². The molecule has 0 aromatic heterocycles. The lowest BCUT2D eigenvalue weighted by Crippen LogP contribution is -2.38. The van der Waals surface area contributed by atoms with Gasteiger partial charge in [0.05, 0.1) is 0 Å². The average molecular weight is 446 g/mol. The first-order valence-electron chi connectivity index (χ1n) is 12.3. The van der Waals surface area contributed by atoms with E-state index in [0.29, 0.717) is 0 Å². The molecule has 4 aromatic rings. The van der Waals surface area contributed by atoms with Gasteiger partial charge in [0.1, 0.15) is 0 Å². The lowest BCUT2D eigenvalue weighted by Gasteiger charge is -2.39. The van der Waals surface area contributed by atoms with Crippen molar-refractivity contribution >= 4 is 11.4 Å². The number of aryl methyl sites for hydroxylation is 2. The number of hydrogen-bond acceptors (Lipinski definition) is 1. The van der Waals surface area contributed by atoms with Crippen LogP contribution < -0.4 is 4.90 Å². The van der Waals surface area contributed by atoms with Crippen LogP contribution in [0.2, 0.25) is 0 Å². The quantitative estimate of drug-likeness (QED) is 0.304. The van der Waals surface area contributed by atoms with Crippen molar-refractivity contribution in [3.8, 4) is 22.3 Å². The second kappa shape index (κ2) is 7.87. The molecule has 0 N–H and O–H groups in total. The standard InChI is InChI=1S/C33H35N/c1-22-13-8-11-18-31(22)34(32(3,4)5)25-15-12-14-24(20-25)27-21-30-28(19-23(27)2)26-16-9-10-17-29(26)33(30,6)7/h8-21H,1-7H3. The SMILES string of the molecule is Cc1cc2c(cc1-c1cccc(N(c3ccccc3C)C(C)(C)C)c1)C(C)(C)c1ccccc1-2. The van der Waals surface area contributed by atoms with Crippen LogP contribution in [0, 0.1) is 13.8 Å². The third-order valence-corrected chi connectivity index (χ3v) is 7.37. The molecule has 172 valence electrons. The van der Waals surface area contributed by atoms with E-state index in [-0.39, 0.29) is 11.0 Å². The fraction of sp³-hybridized carbons (Fsp3) is 0.273. The third-order valence-electron chi connectivity index (χ3n) is 7.37. The first-order valence-corrected chi connectivity index (χ1v) is 12.3. The highest BCUT2D eigenvalue weighted by atomic mass is 15.2. The fourth-order valence-corrected chi connectivity index (χ4v) is 5.68. The molecule has 0 heterocycles. The minimum Gasteiger partial charge on any atom is -0.336 e. The van der Waals surface area contributed by atoms with Crippen molar-refractivity contribution in [2.45, 2.75) is 59.4 Å². The van der Waals surface area contributed by atoms with Crippen molar-refractivity contribution in [2.75, 3.05) is 4.90 Å². The van der Waals surface area contributed by atoms with Gasteiger partial charge in [-0.05, 0) is 103 Å². The molecule has 0 bridgehead atoms. The molecular formula is C33H35N. The van der Waals surface area contributed by atoms with Gasteiger partial charge in [-0.2, -0.15) is 0 Å². The first-order chi connectivity index (χ1) is 16.1. The Kier molecular flexibility index (Phi) is 5.20. The van der Waals surface area contributed by atoms with Crippen molar-refractivity contribution in [2.24, 2.45) is 0 Å². The van der Waals surface area contributed by atoms with Gasteiger partial charge in [0.25, 0.3) is 0 Å². The number of fused-ring (bicyclic) bond motifs is 3. The van der Waals surface area contributed by atoms with E-state index in [1.165, 1.54) is 55.9 Å². The van der Waals surface area contributed by atoms with E-state index in [1.54, 1.807) is 0 Å². The molecule has 34 heavy (non-hydrogen) atoms. The second-order valence-electron chi connectivity index (χ2n) is 11.2. The van der Waals surface area contributed by atoms with Crippen LogP contribution in [0.4, 0.5) is 11.4 Å². The van der Waals surface area contributed by atoms with Crippen molar-refractivity contribution in [3.63, 3.8) is 0 Å². The summed E-state index contributed by atoms with van der Waals surface area (Å²) in [6, 6.07) is 31.5. The predicted octanol–water partition coefficient (Wildman–Crippen LogP) is 9.21. The molecule has 0 spiro atoms. The summed E-state index contributed by atoms with van der Waals surface area (Å²) < 4.78 is 0. The van der Waals surface area contributed by atoms with Crippen LogP contribution in [-0.4, -0.2) is 5.54 Å². The van der Waals surface area contributed by atoms with Gasteiger partial charge in [-0.1, -0.05) is 74.5 Å². The van der Waals surface area contributed by atoms with E-state index in [4.69, 9.17) is 0 Å². The topological polar surface area (TPSA) is 3.24 Å². The molecule has 1 heteroatoms. The Morgan fingerprint density at radius 3 is 2.06 bits per heavy atom. The van der Waals surface area contributed by atoms with Crippen LogP contribution in [0.25, 0.3) is 22.3 Å². The Morgan fingerprint density at radius 1 is 0.618 bits per heavy atom. The first kappa shape index (κ1) is 22.5. The van der Waals surface area contributed by atoms with Crippen LogP contribution in [0.15, 0.2) is 84.9 Å². The summed E-state index contributed by atoms with van der Waals surface area (Å²) in [6.07, 6.45) is 0. The molecule has 5 rings (SSSR count). The molecule has 1 aliphatic carbocycles. The minimum atomic E-state index is -0.0542. The molecule has 0 fully saturated rings. The summed E-state index contributed by atoms with van der Waals surface area (Å²) in [5, 5.41) is 0. The maximum absolute atomic E-state index is 2.47. The van der Waals surface area contributed by atoms with Crippen LogP contribution in [0.5, 0.6) is 0 Å². The summed E-state index contributed by atoms with van der Waals surface area (Å²) in [6.45, 7) is 16.0. The molecule has 1 aliphatic rings. The van der Waals surface area contributed by atoms with E-state index in [9.17, 15) is 0 Å². The molecule has 0 saturated carbocycles. The monoisotopic (exact) mass is 445 g/mol. The summed E-state index contributed by atoms with van der Waals surface area (Å²) in [5.74, 6) is 0. The number of rotatable bonds is 3. The highest BCUT2D eigenvalue weighted by Gasteiger charge is 2.35. The molecule has 0 aliphatic heterocycles. The van der Waals surface area contributed by atoms with Gasteiger partial charge in [-0.3, -0.25) is 0 Å². The van der Waals surface area contributed by atoms with Gasteiger partial charge in [0.15, 0.2) is 0 Å². The highest BCUT2D eigenvalue weighted by molar-refractivity contribution is 5.85. The molecule has 4 aromatic carbocycles. The zero-order chi connectivity index (χ0) is 24.3. The summed E-state index contributed by atoms with van der Waals surface area (Å²) in [7, 11) is 0. The van der Waals surface area contributed by atoms with Crippen molar-refractivity contribution in [3.05, 3.63) is 107 Å². The average Bonchev–Trinajstić information content (AvgIpc) is 3.01. The number of anilines is 2. The molecule has 0 unspecified atom stereocenters. The summed E-state index contributed by atoms with van der Waals surface area (Å²) in [5.41, 5.74) is 13.2. The van der Waals surface area contributed by atoms with Crippen molar-refractivity contribution in [1.29, 1.82) is 0 Å². The molecule has 0 amide bonds. The zero-order valence-corrected chi connectivity index (χ0v) is 21.5. The van der Waals surface area contributed by atoms with Gasteiger partial charge >= 0.3 is 0 Å². The predicted molar refractivity (Wildman–Crippen MR) is 147 cm³/mol. The Hall–Kier alpha value is -3.32. The largest absolute Gasteiger partial charge is 0.336 e. The van der Waals surface area contributed by atoms with Crippen LogP contribution in [-0.2, 0) is 5.41 Å². The maximum Gasteiger partial charge on any atom is 0.0445 e. The van der Waals surface area contributed by atoms with E-state index in [2.05, 4.69) is 138 Å². The van der Waals surface area contributed by atoms with Crippen LogP contribution in [0.3, 0.4) is 0 Å². The Labute approximate surface area is 205 Å². The zero-order valence-electron chi connectivity index (χ0n) is 21.5. The van der Waals surface area contributed by atoms with Crippen LogP contribution >= 0.6 is 0 Å². The fourth-order valence-electron chi connectivity index (χ4n) is 5.68. The van der Waals surface area contributed by atoms with E-state index >= 15 is 0 Å². The minimum absolute atomic E-state index is 0.00455. The van der Waals surface area contributed by atoms with Crippen molar-refractivity contribution in [1.82, 2.24) is 0 Å².